The summed E-state index contributed by atoms with van der Waals surface area (Å²) in [6, 6.07) is 9.68. The molecule has 0 aliphatic carbocycles. The molecule has 1 aliphatic rings. The van der Waals surface area contributed by atoms with E-state index in [1.54, 1.807) is 6.20 Å². The van der Waals surface area contributed by atoms with Gasteiger partial charge in [0.1, 0.15) is 5.02 Å². The van der Waals surface area contributed by atoms with Gasteiger partial charge in [0.25, 0.3) is 5.56 Å². The van der Waals surface area contributed by atoms with Crippen molar-refractivity contribution in [2.24, 2.45) is 0 Å². The van der Waals surface area contributed by atoms with Gasteiger partial charge in [0, 0.05) is 32.7 Å². The van der Waals surface area contributed by atoms with Crippen LogP contribution in [0.5, 0.6) is 0 Å². The lowest BCUT2D eigenvalue weighted by Gasteiger charge is -2.35. The van der Waals surface area contributed by atoms with Gasteiger partial charge < -0.3 is 10.2 Å². The van der Waals surface area contributed by atoms with Gasteiger partial charge in [0.05, 0.1) is 25.0 Å². The van der Waals surface area contributed by atoms with Gasteiger partial charge in [0.15, 0.2) is 0 Å². The Kier molecular flexibility index (Phi) is 6.47. The summed E-state index contributed by atoms with van der Waals surface area (Å²) in [5.41, 5.74) is 1.36. The van der Waals surface area contributed by atoms with Crippen LogP contribution in [-0.4, -0.2) is 59.9 Å². The molecule has 1 aromatic heterocycles. The van der Waals surface area contributed by atoms with Gasteiger partial charge in [-0.25, -0.2) is 4.68 Å². The number of anilines is 1. The van der Waals surface area contributed by atoms with Crippen LogP contribution in [0.15, 0.2) is 41.3 Å². The van der Waals surface area contributed by atoms with Crippen molar-refractivity contribution in [3.05, 3.63) is 57.5 Å². The van der Waals surface area contributed by atoms with E-state index >= 15 is 0 Å². The molecule has 1 amide bonds. The number of benzene rings is 1. The number of nitrogens with one attached hydrogen (secondary N) is 1. The van der Waals surface area contributed by atoms with E-state index in [1.807, 2.05) is 37.3 Å². The summed E-state index contributed by atoms with van der Waals surface area (Å²) < 4.78 is 1.38. The van der Waals surface area contributed by atoms with Crippen molar-refractivity contribution in [3.8, 4) is 0 Å². The van der Waals surface area contributed by atoms with Crippen molar-refractivity contribution in [1.82, 2.24) is 20.0 Å². The molecule has 3 rings (SSSR count). The minimum absolute atomic E-state index is 0.0363. The van der Waals surface area contributed by atoms with E-state index in [-0.39, 0.29) is 16.5 Å². The lowest BCUT2D eigenvalue weighted by Crippen LogP contribution is -2.50. The Labute approximate surface area is 163 Å². The number of aromatic nitrogens is 2. The normalized spacial score (nSPS) is 15.0. The second-order valence-electron chi connectivity index (χ2n) is 6.51. The quantitative estimate of drug-likeness (QED) is 0.804. The smallest absolute Gasteiger partial charge is 0.287 e. The molecule has 7 nitrogen and oxygen atoms in total. The standard InChI is InChI=1S/C19H24ClN5O2/c1-2-21-17(26)14-23-8-10-24(11-9-23)16-12-22-25(19(27)18(16)20)13-15-6-4-3-5-7-15/h3-7,12H,2,8-11,13-14H2,1H3,(H,21,26). The van der Waals surface area contributed by atoms with E-state index in [0.717, 1.165) is 18.7 Å². The number of hydrogen-bond acceptors (Lipinski definition) is 5. The molecule has 0 unspecified atom stereocenters. The summed E-state index contributed by atoms with van der Waals surface area (Å²) in [6.45, 7) is 6.20. The summed E-state index contributed by atoms with van der Waals surface area (Å²) in [4.78, 5) is 28.5. The number of carbonyl (C=O) groups is 1. The zero-order chi connectivity index (χ0) is 19.2. The average molecular weight is 390 g/mol. The number of likely N-dealkylation sites (N-methyl/N-ethyl adjacent to an activating group) is 1. The SMILES string of the molecule is CCNC(=O)CN1CCN(c2cnn(Cc3ccccc3)c(=O)c2Cl)CC1. The van der Waals surface area contributed by atoms with E-state index in [1.165, 1.54) is 4.68 Å². The molecule has 2 aromatic rings. The highest BCUT2D eigenvalue weighted by Gasteiger charge is 2.22. The van der Waals surface area contributed by atoms with Gasteiger partial charge in [-0.3, -0.25) is 14.5 Å². The predicted octanol–water partition coefficient (Wildman–Crippen LogP) is 1.20. The summed E-state index contributed by atoms with van der Waals surface area (Å²) in [7, 11) is 0. The van der Waals surface area contributed by atoms with Crippen LogP contribution in [0.3, 0.4) is 0 Å². The Morgan fingerprint density at radius 1 is 1.19 bits per heavy atom. The number of rotatable bonds is 6. The Hall–Kier alpha value is -2.38. The van der Waals surface area contributed by atoms with Crippen molar-refractivity contribution in [1.29, 1.82) is 0 Å². The number of carbonyl (C=O) groups excluding carboxylic acids is 1. The van der Waals surface area contributed by atoms with Crippen molar-refractivity contribution in [3.63, 3.8) is 0 Å². The van der Waals surface area contributed by atoms with Crippen molar-refractivity contribution in [2.45, 2.75) is 13.5 Å². The van der Waals surface area contributed by atoms with Crippen LogP contribution in [-0.2, 0) is 11.3 Å². The van der Waals surface area contributed by atoms with Crippen molar-refractivity contribution < 1.29 is 4.79 Å². The van der Waals surface area contributed by atoms with E-state index in [0.29, 0.717) is 38.4 Å². The summed E-state index contributed by atoms with van der Waals surface area (Å²) in [6.07, 6.45) is 1.66. The molecule has 144 valence electrons. The van der Waals surface area contributed by atoms with E-state index in [9.17, 15) is 9.59 Å². The summed E-state index contributed by atoms with van der Waals surface area (Å²) >= 11 is 6.37. The highest BCUT2D eigenvalue weighted by Crippen LogP contribution is 2.22. The van der Waals surface area contributed by atoms with Crippen LogP contribution < -0.4 is 15.8 Å². The first-order chi connectivity index (χ1) is 13.1. The molecule has 1 aromatic carbocycles. The van der Waals surface area contributed by atoms with Gasteiger partial charge >= 0.3 is 0 Å². The first-order valence-electron chi connectivity index (χ1n) is 9.12. The molecule has 1 aliphatic heterocycles. The minimum Gasteiger partial charge on any atom is -0.366 e. The lowest BCUT2D eigenvalue weighted by atomic mass is 10.2. The number of piperazine rings is 1. The largest absolute Gasteiger partial charge is 0.366 e. The number of hydrogen-bond donors (Lipinski definition) is 1. The van der Waals surface area contributed by atoms with Gasteiger partial charge in [-0.2, -0.15) is 5.10 Å². The van der Waals surface area contributed by atoms with Crippen LogP contribution >= 0.6 is 11.6 Å². The highest BCUT2D eigenvalue weighted by atomic mass is 35.5. The molecule has 27 heavy (non-hydrogen) atoms. The molecule has 0 bridgehead atoms. The molecule has 2 heterocycles. The van der Waals surface area contributed by atoms with Crippen LogP contribution in [0.1, 0.15) is 12.5 Å². The Morgan fingerprint density at radius 3 is 2.56 bits per heavy atom. The predicted molar refractivity (Wildman–Crippen MR) is 106 cm³/mol. The fraction of sp³-hybridized carbons (Fsp3) is 0.421. The Bertz CT molecular complexity index is 832. The second kappa shape index (κ2) is 9.01. The third-order valence-electron chi connectivity index (χ3n) is 4.60. The van der Waals surface area contributed by atoms with Crippen LogP contribution in [0.4, 0.5) is 5.69 Å². The molecule has 8 heteroatoms. The highest BCUT2D eigenvalue weighted by molar-refractivity contribution is 6.33. The van der Waals surface area contributed by atoms with E-state index in [4.69, 9.17) is 11.6 Å². The monoisotopic (exact) mass is 389 g/mol. The molecule has 1 N–H and O–H groups in total. The third kappa shape index (κ3) is 4.87. The molecule has 1 fully saturated rings. The molecule has 1 saturated heterocycles. The first-order valence-corrected chi connectivity index (χ1v) is 9.50. The maximum atomic E-state index is 12.6. The number of nitrogens with zero attached hydrogens (tertiary/aromatic N) is 4. The zero-order valence-electron chi connectivity index (χ0n) is 15.4. The van der Waals surface area contributed by atoms with Gasteiger partial charge in [-0.1, -0.05) is 41.9 Å². The molecular formula is C19H24ClN5O2. The van der Waals surface area contributed by atoms with Crippen molar-refractivity contribution in [2.75, 3.05) is 44.2 Å². The molecule has 0 atom stereocenters. The first kappa shape index (κ1) is 19.4. The van der Waals surface area contributed by atoms with Crippen molar-refractivity contribution >= 4 is 23.2 Å². The number of amides is 1. The van der Waals surface area contributed by atoms with Gasteiger partial charge in [-0.05, 0) is 12.5 Å². The Balaban J connectivity index is 1.65. The Morgan fingerprint density at radius 2 is 1.89 bits per heavy atom. The topological polar surface area (TPSA) is 70.5 Å². The maximum Gasteiger partial charge on any atom is 0.287 e. The van der Waals surface area contributed by atoms with Gasteiger partial charge in [0.2, 0.25) is 5.91 Å². The van der Waals surface area contributed by atoms with Crippen LogP contribution in [0.25, 0.3) is 0 Å². The van der Waals surface area contributed by atoms with Crippen LogP contribution in [0, 0.1) is 0 Å². The second-order valence-corrected chi connectivity index (χ2v) is 6.89. The fourth-order valence-corrected chi connectivity index (χ4v) is 3.41. The third-order valence-corrected chi connectivity index (χ3v) is 4.95. The van der Waals surface area contributed by atoms with Gasteiger partial charge in [-0.15, -0.1) is 0 Å². The minimum atomic E-state index is -0.289. The maximum absolute atomic E-state index is 12.6. The summed E-state index contributed by atoms with van der Waals surface area (Å²) in [5, 5.41) is 7.30. The molecule has 0 saturated carbocycles. The van der Waals surface area contributed by atoms with E-state index < -0.39 is 0 Å². The van der Waals surface area contributed by atoms with Crippen LogP contribution in [0.2, 0.25) is 5.02 Å². The van der Waals surface area contributed by atoms with E-state index in [2.05, 4.69) is 20.2 Å². The zero-order valence-corrected chi connectivity index (χ0v) is 16.2. The number of halogens is 1. The average Bonchev–Trinajstić information content (AvgIpc) is 2.67. The lowest BCUT2D eigenvalue weighted by molar-refractivity contribution is -0.122. The molecular weight excluding hydrogens is 366 g/mol. The summed E-state index contributed by atoms with van der Waals surface area (Å²) in [5.74, 6) is 0.0363. The molecule has 0 radical (unpaired) electrons. The molecule has 0 spiro atoms. The fourth-order valence-electron chi connectivity index (χ4n) is 3.15.